The van der Waals surface area contributed by atoms with Crippen molar-refractivity contribution in [3.63, 3.8) is 0 Å². The molecule has 0 aliphatic heterocycles. The Morgan fingerprint density at radius 3 is 2.40 bits per heavy atom. The van der Waals surface area contributed by atoms with Crippen LogP contribution in [0.1, 0.15) is 62.5 Å². The van der Waals surface area contributed by atoms with E-state index in [4.69, 9.17) is 24.2 Å². The molecular formula is C31H39N5O6S. The van der Waals surface area contributed by atoms with Gasteiger partial charge >= 0.3 is 5.69 Å². The van der Waals surface area contributed by atoms with Gasteiger partial charge in [-0.05, 0) is 62.1 Å². The lowest BCUT2D eigenvalue weighted by Crippen LogP contribution is -2.29. The summed E-state index contributed by atoms with van der Waals surface area (Å²) in [6.07, 6.45) is 5.31. The van der Waals surface area contributed by atoms with Gasteiger partial charge in [0.25, 0.3) is 0 Å². The van der Waals surface area contributed by atoms with Crippen molar-refractivity contribution in [2.45, 2.75) is 63.2 Å². The van der Waals surface area contributed by atoms with E-state index in [0.717, 1.165) is 36.9 Å². The Kier molecular flexibility index (Phi) is 9.07. The quantitative estimate of drug-likeness (QED) is 0.247. The first-order chi connectivity index (χ1) is 20.7. The molecule has 0 saturated heterocycles. The molecule has 0 radical (unpaired) electrons. The van der Waals surface area contributed by atoms with Gasteiger partial charge < -0.3 is 14.2 Å². The zero-order chi connectivity index (χ0) is 30.7. The summed E-state index contributed by atoms with van der Waals surface area (Å²) in [6, 6.07) is 10.2. The van der Waals surface area contributed by atoms with Gasteiger partial charge in [0.15, 0.2) is 17.1 Å². The molecule has 0 atom stereocenters. The second-order valence-electron chi connectivity index (χ2n) is 10.7. The molecule has 230 valence electrons. The standard InChI is InChI=1S/C31H39N5O6S/c1-6-27-32-28(21-10-8-9-11-21)30-33-29(34-31(37)36(27)30)23-19-22(13-15-24(23)42-7-2)43(38,39)35(3)17-16-20-12-14-25(40-4)26(18-20)41-5/h12-15,18-19,21H,6-11,16-17H2,1-5H3,(H,33,34,37). The van der Waals surface area contributed by atoms with Crippen molar-refractivity contribution < 1.29 is 22.6 Å². The number of imidazole rings is 1. The molecule has 12 heteroatoms. The molecule has 11 nitrogen and oxygen atoms in total. The normalized spacial score (nSPS) is 14.1. The maximum Gasteiger partial charge on any atom is 0.334 e. The molecule has 1 saturated carbocycles. The number of aryl methyl sites for hydroxylation is 1. The number of likely N-dealkylation sites (N-methyl/N-ethyl adjacent to an activating group) is 1. The fraction of sp³-hybridized carbons (Fsp3) is 0.452. The summed E-state index contributed by atoms with van der Waals surface area (Å²) in [7, 11) is 0.788. The van der Waals surface area contributed by atoms with Crippen LogP contribution in [0.3, 0.4) is 0 Å². The van der Waals surface area contributed by atoms with Gasteiger partial charge in [-0.25, -0.2) is 31.9 Å². The summed E-state index contributed by atoms with van der Waals surface area (Å²) in [5, 5.41) is 0. The van der Waals surface area contributed by atoms with E-state index in [1.54, 1.807) is 37.8 Å². The molecule has 1 aliphatic carbocycles. The minimum absolute atomic E-state index is 0.0714. The molecular weight excluding hydrogens is 570 g/mol. The third-order valence-electron chi connectivity index (χ3n) is 8.03. The summed E-state index contributed by atoms with van der Waals surface area (Å²) in [5.74, 6) is 2.77. The number of rotatable bonds is 12. The maximum absolute atomic E-state index is 13.7. The van der Waals surface area contributed by atoms with Crippen LogP contribution >= 0.6 is 0 Å². The van der Waals surface area contributed by atoms with E-state index in [9.17, 15) is 13.2 Å². The molecule has 1 aliphatic rings. The fourth-order valence-corrected chi connectivity index (χ4v) is 6.88. The van der Waals surface area contributed by atoms with Crippen LogP contribution in [0.2, 0.25) is 0 Å². The van der Waals surface area contributed by atoms with Crippen LogP contribution in [0.4, 0.5) is 0 Å². The Bertz CT molecular complexity index is 1780. The Morgan fingerprint density at radius 2 is 1.72 bits per heavy atom. The number of aromatic nitrogens is 4. The third kappa shape index (κ3) is 5.98. The third-order valence-corrected chi connectivity index (χ3v) is 9.88. The number of sulfonamides is 1. The monoisotopic (exact) mass is 609 g/mol. The predicted molar refractivity (Wildman–Crippen MR) is 164 cm³/mol. The number of H-pyrrole nitrogens is 1. The van der Waals surface area contributed by atoms with Crippen LogP contribution in [0.5, 0.6) is 17.2 Å². The van der Waals surface area contributed by atoms with Gasteiger partial charge in [0, 0.05) is 25.9 Å². The fourth-order valence-electron chi connectivity index (χ4n) is 5.68. The molecule has 0 bridgehead atoms. The van der Waals surface area contributed by atoms with Crippen LogP contribution in [-0.4, -0.2) is 66.5 Å². The van der Waals surface area contributed by atoms with Crippen LogP contribution in [-0.2, 0) is 22.9 Å². The summed E-state index contributed by atoms with van der Waals surface area (Å²) >= 11 is 0. The molecule has 0 amide bonds. The van der Waals surface area contributed by atoms with Crippen molar-refractivity contribution in [1.82, 2.24) is 23.7 Å². The number of fused-ring (bicyclic) bond motifs is 1. The van der Waals surface area contributed by atoms with E-state index in [-0.39, 0.29) is 28.9 Å². The molecule has 5 rings (SSSR count). The van der Waals surface area contributed by atoms with E-state index in [1.165, 1.54) is 16.4 Å². The summed E-state index contributed by atoms with van der Waals surface area (Å²) in [5.41, 5.74) is 2.29. The second-order valence-corrected chi connectivity index (χ2v) is 12.7. The Hall–Kier alpha value is -3.90. The van der Waals surface area contributed by atoms with E-state index in [1.807, 2.05) is 26.0 Å². The number of hydrogen-bond acceptors (Lipinski definition) is 8. The smallest absolute Gasteiger partial charge is 0.334 e. The predicted octanol–water partition coefficient (Wildman–Crippen LogP) is 4.58. The van der Waals surface area contributed by atoms with Gasteiger partial charge in [-0.1, -0.05) is 25.8 Å². The molecule has 0 spiro atoms. The highest BCUT2D eigenvalue weighted by atomic mass is 32.2. The number of nitrogens with one attached hydrogen (secondary N) is 1. The summed E-state index contributed by atoms with van der Waals surface area (Å²) in [6.45, 7) is 4.40. The van der Waals surface area contributed by atoms with E-state index < -0.39 is 10.0 Å². The highest BCUT2D eigenvalue weighted by Gasteiger charge is 2.27. The molecule has 4 aromatic rings. The van der Waals surface area contributed by atoms with Gasteiger partial charge in [-0.15, -0.1) is 0 Å². The van der Waals surface area contributed by atoms with E-state index in [0.29, 0.717) is 53.7 Å². The summed E-state index contributed by atoms with van der Waals surface area (Å²) in [4.78, 5) is 26.0. The molecule has 2 aromatic carbocycles. The number of ether oxygens (including phenoxy) is 3. The van der Waals surface area contributed by atoms with E-state index in [2.05, 4.69) is 4.98 Å². The van der Waals surface area contributed by atoms with Gasteiger partial charge in [0.1, 0.15) is 17.4 Å². The van der Waals surface area contributed by atoms with Crippen molar-refractivity contribution in [1.29, 1.82) is 0 Å². The first-order valence-electron chi connectivity index (χ1n) is 14.7. The Morgan fingerprint density at radius 1 is 1.00 bits per heavy atom. The lowest BCUT2D eigenvalue weighted by Gasteiger charge is -2.19. The minimum atomic E-state index is -3.89. The first kappa shape index (κ1) is 30.6. The molecule has 1 N–H and O–H groups in total. The first-order valence-corrected chi connectivity index (χ1v) is 16.1. The van der Waals surface area contributed by atoms with E-state index >= 15 is 0 Å². The average Bonchev–Trinajstić information content (AvgIpc) is 3.68. The van der Waals surface area contributed by atoms with Gasteiger partial charge in [0.05, 0.1) is 37.0 Å². The van der Waals surface area contributed by atoms with Crippen LogP contribution in [0.25, 0.3) is 17.0 Å². The van der Waals surface area contributed by atoms with Gasteiger partial charge in [-0.3, -0.25) is 4.98 Å². The van der Waals surface area contributed by atoms with Crippen LogP contribution in [0, 0.1) is 0 Å². The molecule has 2 heterocycles. The Labute approximate surface area is 251 Å². The van der Waals surface area contributed by atoms with Crippen LogP contribution in [0.15, 0.2) is 46.1 Å². The highest BCUT2D eigenvalue weighted by molar-refractivity contribution is 7.89. The lowest BCUT2D eigenvalue weighted by molar-refractivity contribution is 0.341. The number of hydrogen-bond donors (Lipinski definition) is 1. The number of methoxy groups -OCH3 is 2. The second kappa shape index (κ2) is 12.8. The SMILES string of the molecule is CCOc1ccc(S(=O)(=O)N(C)CCc2ccc(OC)c(OC)c2)cc1-c1nc2c(C3CCCC3)nc(CC)n2c(=O)[nH]1. The zero-order valence-corrected chi connectivity index (χ0v) is 26.2. The maximum atomic E-state index is 13.7. The van der Waals surface area contributed by atoms with Crippen LogP contribution < -0.4 is 19.9 Å². The minimum Gasteiger partial charge on any atom is -0.493 e. The van der Waals surface area contributed by atoms with Crippen molar-refractivity contribution in [3.8, 4) is 28.6 Å². The number of nitrogens with zero attached hydrogens (tertiary/aromatic N) is 4. The topological polar surface area (TPSA) is 128 Å². The van der Waals surface area contributed by atoms with Crippen molar-refractivity contribution in [3.05, 3.63) is 64.0 Å². The largest absolute Gasteiger partial charge is 0.493 e. The van der Waals surface area contributed by atoms with Gasteiger partial charge in [-0.2, -0.15) is 0 Å². The van der Waals surface area contributed by atoms with Crippen molar-refractivity contribution in [2.24, 2.45) is 0 Å². The van der Waals surface area contributed by atoms with Crippen molar-refractivity contribution >= 4 is 15.7 Å². The van der Waals surface area contributed by atoms with Gasteiger partial charge in [0.2, 0.25) is 10.0 Å². The average molecular weight is 610 g/mol. The van der Waals surface area contributed by atoms with Crippen molar-refractivity contribution in [2.75, 3.05) is 34.4 Å². The molecule has 2 aromatic heterocycles. The lowest BCUT2D eigenvalue weighted by atomic mass is 10.0. The molecule has 43 heavy (non-hydrogen) atoms. The number of aromatic amines is 1. The highest BCUT2D eigenvalue weighted by Crippen LogP contribution is 2.37. The number of benzene rings is 2. The zero-order valence-electron chi connectivity index (χ0n) is 25.3. The molecule has 0 unspecified atom stereocenters. The molecule has 1 fully saturated rings. The summed E-state index contributed by atoms with van der Waals surface area (Å²) < 4.78 is 46.8. The Balaban J connectivity index is 1.51.